The van der Waals surface area contributed by atoms with Gasteiger partial charge in [-0.05, 0) is 68.8 Å². The predicted molar refractivity (Wildman–Crippen MR) is 307 cm³/mol. The summed E-state index contributed by atoms with van der Waals surface area (Å²) in [5, 5.41) is 164. The summed E-state index contributed by atoms with van der Waals surface area (Å²) in [6, 6.07) is 0. The van der Waals surface area contributed by atoms with Crippen LogP contribution in [0.3, 0.4) is 0 Å². The van der Waals surface area contributed by atoms with Crippen molar-refractivity contribution >= 4 is 18.0 Å². The third kappa shape index (κ3) is 18.5. The fourth-order valence-electron chi connectivity index (χ4n) is 12.6. The van der Waals surface area contributed by atoms with Crippen molar-refractivity contribution in [2.45, 2.75) is 341 Å². The molecule has 29 nitrogen and oxygen atoms in total. The first kappa shape index (κ1) is 79.0. The maximum atomic E-state index is 12.4. The van der Waals surface area contributed by atoms with E-state index in [0.29, 0.717) is 25.0 Å². The Hall–Kier alpha value is 0.00390. The third-order valence-corrected chi connectivity index (χ3v) is 19.4. The van der Waals surface area contributed by atoms with E-state index in [1.807, 2.05) is 6.29 Å². The van der Waals surface area contributed by atoms with E-state index in [0.717, 1.165) is 25.0 Å². The molecule has 0 saturated carbocycles. The van der Waals surface area contributed by atoms with E-state index in [2.05, 4.69) is 0 Å². The third-order valence-electron chi connectivity index (χ3n) is 18.3. The summed E-state index contributed by atoms with van der Waals surface area (Å²) < 4.78 is 87.2. The molecule has 523 valence electrons. The molecule has 90 heavy (non-hydrogen) atoms. The predicted octanol–water partition coefficient (Wildman–Crippen LogP) is -2.26. The maximum absolute atomic E-state index is 12.4. The molecule has 0 aliphatic carbocycles. The molecule has 13 rings (SSSR count). The Morgan fingerprint density at radius 3 is 1.04 bits per heavy atom. The van der Waals surface area contributed by atoms with Crippen LogP contribution in [0.15, 0.2) is 0 Å². The molecular weight excluding hydrogens is 1290 g/mol. The molecule has 31 heteroatoms. The van der Waals surface area contributed by atoms with Crippen LogP contribution >= 0.6 is 11.8 Å². The van der Waals surface area contributed by atoms with Gasteiger partial charge in [0, 0.05) is 39.3 Å². The van der Waals surface area contributed by atoms with E-state index in [1.54, 1.807) is 67.2 Å². The summed E-state index contributed by atoms with van der Waals surface area (Å²) in [6.07, 6.45) is -48.8. The molecule has 0 aromatic heterocycles. The van der Waals surface area contributed by atoms with Gasteiger partial charge in [0.05, 0.1) is 42.7 Å². The minimum atomic E-state index is -2.29. The monoisotopic (exact) mass is 1400 g/mol. The summed E-state index contributed by atoms with van der Waals surface area (Å²) in [5.41, 5.74) is 0. The van der Waals surface area contributed by atoms with Crippen molar-refractivity contribution in [3.8, 4) is 0 Å². The van der Waals surface area contributed by atoms with Crippen LogP contribution < -0.4 is 0 Å². The summed E-state index contributed by atoms with van der Waals surface area (Å²) >= 11 is 1.67. The van der Waals surface area contributed by atoms with Crippen LogP contribution in [0.4, 0.5) is 0 Å². The second kappa shape index (κ2) is 37.3. The van der Waals surface area contributed by atoms with E-state index >= 15 is 0 Å². The first-order chi connectivity index (χ1) is 42.5. The van der Waals surface area contributed by atoms with Gasteiger partial charge in [0.2, 0.25) is 0 Å². The molecule has 13 fully saturated rings. The molecular formula is C59H103O29SY-. The summed E-state index contributed by atoms with van der Waals surface area (Å²) in [4.78, 5) is 10.6. The number of carbonyl (C=O) groups excluding carboxylic acids is 1. The van der Waals surface area contributed by atoms with Gasteiger partial charge in [0.15, 0.2) is 44.0 Å². The van der Waals surface area contributed by atoms with Gasteiger partial charge in [-0.25, -0.2) is 0 Å². The molecule has 0 spiro atoms. The second-order valence-corrected chi connectivity index (χ2v) is 25.5. The van der Waals surface area contributed by atoms with Crippen molar-refractivity contribution in [1.82, 2.24) is 0 Å². The van der Waals surface area contributed by atoms with Crippen molar-refractivity contribution < 1.29 is 175 Å². The summed E-state index contributed by atoms with van der Waals surface area (Å²) in [5.74, 6) is 0.835. The molecule has 1 radical (unpaired) electrons. The van der Waals surface area contributed by atoms with Gasteiger partial charge < -0.3 is 143 Å². The average molecular weight is 1400 g/mol. The van der Waals surface area contributed by atoms with Crippen LogP contribution in [0.2, 0.25) is 0 Å². The number of ether oxygens (including phenoxy) is 14. The average Bonchev–Trinajstić information content (AvgIpc) is 0.808. The Bertz CT molecular complexity index is 2050. The summed E-state index contributed by atoms with van der Waals surface area (Å²) in [6.45, 7) is 13.5. The van der Waals surface area contributed by atoms with Crippen LogP contribution in [-0.4, -0.2) is 305 Å². The number of hydrogen-bond donors (Lipinski definition) is 14. The van der Waals surface area contributed by atoms with Crippen molar-refractivity contribution in [3.63, 3.8) is 0 Å². The smallest absolute Gasteiger partial charge is 0.187 e. The second-order valence-electron chi connectivity index (χ2n) is 24.3. The fourth-order valence-corrected chi connectivity index (χ4v) is 13.6. The van der Waals surface area contributed by atoms with E-state index < -0.39 is 215 Å². The van der Waals surface area contributed by atoms with Gasteiger partial charge in [-0.3, -0.25) is 6.29 Å². The molecule has 13 aliphatic heterocycles. The molecule has 0 aromatic carbocycles. The quantitative estimate of drug-likeness (QED) is 0.0479. The summed E-state index contributed by atoms with van der Waals surface area (Å²) in [7, 11) is 0. The topological polar surface area (TPSA) is 430 Å². The zero-order chi connectivity index (χ0) is 65.1. The van der Waals surface area contributed by atoms with Gasteiger partial charge in [0.1, 0.15) is 122 Å². The Labute approximate surface area is 555 Å². The maximum Gasteiger partial charge on any atom is 0.187 e. The first-order valence-corrected chi connectivity index (χ1v) is 33.3. The van der Waals surface area contributed by atoms with Crippen molar-refractivity contribution in [3.05, 3.63) is 0 Å². The number of aliphatic hydroxyl groups excluding tert-OH is 14. The molecule has 35 unspecified atom stereocenters. The number of hydrogen-bond acceptors (Lipinski definition) is 30. The number of thioether (sulfide) groups is 1. The molecule has 14 N–H and O–H groups in total. The SMILES string of the molecule is CCC(C)C1OC2OC(CC)C(OC3OC(CC)C(OC4OC(CC)C(OC5OC(CC)C(OC6OC(CC)C(OC7OC(CC)C(OC(O)C(O)C1O)C(O)C7O)C(O)C6OCCCSCCCCC[C-]=O)C(O)C5O)C(O)C4O)C(O)C3O)C(O)C2O.[Y]. The molecule has 13 aliphatic rings. The van der Waals surface area contributed by atoms with Crippen LogP contribution in [0.25, 0.3) is 0 Å². The Morgan fingerprint density at radius 1 is 0.367 bits per heavy atom. The number of fused-ring (bicyclic) bond motifs is 6. The Balaban J connectivity index is 0.0000129. The van der Waals surface area contributed by atoms with Gasteiger partial charge in [-0.15, -0.1) is 0 Å². The van der Waals surface area contributed by atoms with Crippen LogP contribution in [0.5, 0.6) is 0 Å². The van der Waals surface area contributed by atoms with Crippen LogP contribution in [0.1, 0.15) is 132 Å². The number of rotatable bonds is 19. The van der Waals surface area contributed by atoms with Gasteiger partial charge in [0.25, 0.3) is 0 Å². The number of unbranched alkanes of at least 4 members (excludes halogenated alkanes) is 3. The van der Waals surface area contributed by atoms with Crippen molar-refractivity contribution in [1.29, 1.82) is 0 Å². The molecule has 13 saturated heterocycles. The van der Waals surface area contributed by atoms with Gasteiger partial charge in [-0.1, -0.05) is 74.7 Å². The zero-order valence-corrected chi connectivity index (χ0v) is 56.3. The van der Waals surface area contributed by atoms with Gasteiger partial charge in [-0.2, -0.15) is 18.2 Å². The minimum Gasteiger partial charge on any atom is -0.542 e. The van der Waals surface area contributed by atoms with E-state index in [-0.39, 0.29) is 77.8 Å². The minimum absolute atomic E-state index is 0. The largest absolute Gasteiger partial charge is 0.542 e. The Morgan fingerprint density at radius 2 is 0.689 bits per heavy atom. The molecule has 13 heterocycles. The molecule has 0 aromatic rings. The van der Waals surface area contributed by atoms with Gasteiger partial charge >= 0.3 is 0 Å². The van der Waals surface area contributed by atoms with E-state index in [1.165, 1.54) is 0 Å². The molecule has 35 atom stereocenters. The fraction of sp³-hybridized carbons (Fsp3) is 0.983. The molecule has 0 amide bonds. The molecule has 12 bridgehead atoms. The standard InChI is InChI=1S/C59H103O29S.Y/c1-9-25(8)45-32(61)38(67)53(74)82-46-26(10-2)76-58(39(68)33(46)62)87-51-31(15-7)81-59(52(44(51)73)75-22-20-24-89-23-19-17-16-18-21-60)88-50-30(14-6)80-57(43(72)37(50)66)86-49-29(13-5)79-56(42(71)36(49)65)85-48-28(12-4)78-55(41(70)35(48)64)84-47-27(11-3)77-54(83-45)40(69)34(47)63;/h25-59,61-74H,9-20,22-24H2,1-8H3;/q-1;. The zero-order valence-electron chi connectivity index (χ0n) is 52.7. The van der Waals surface area contributed by atoms with E-state index in [9.17, 15) is 76.3 Å². The van der Waals surface area contributed by atoms with Crippen LogP contribution in [0, 0.1) is 5.92 Å². The van der Waals surface area contributed by atoms with Crippen molar-refractivity contribution in [2.75, 3.05) is 18.1 Å². The first-order valence-electron chi connectivity index (χ1n) is 32.1. The van der Waals surface area contributed by atoms with Crippen molar-refractivity contribution in [2.24, 2.45) is 5.92 Å². The normalized spacial score (nSPS) is 48.0. The van der Waals surface area contributed by atoms with Crippen LogP contribution in [-0.2, 0) is 104 Å². The van der Waals surface area contributed by atoms with E-state index in [4.69, 9.17) is 66.3 Å². The Kier molecular flexibility index (Phi) is 32.7. The number of aliphatic hydroxyl groups is 14.